The van der Waals surface area contributed by atoms with Gasteiger partial charge in [0.15, 0.2) is 5.69 Å². The van der Waals surface area contributed by atoms with Crippen LogP contribution in [0.15, 0.2) is 36.8 Å². The van der Waals surface area contributed by atoms with Gasteiger partial charge >= 0.3 is 0 Å². The molecule has 0 fully saturated rings. The second kappa shape index (κ2) is 7.20. The molecule has 0 aliphatic carbocycles. The summed E-state index contributed by atoms with van der Waals surface area (Å²) in [4.78, 5) is 26.8. The molecule has 0 atom stereocenters. The van der Waals surface area contributed by atoms with Crippen molar-refractivity contribution in [2.24, 2.45) is 5.73 Å². The summed E-state index contributed by atoms with van der Waals surface area (Å²) in [7, 11) is -2.30. The molecule has 0 aliphatic heterocycles. The first-order valence-electron chi connectivity index (χ1n) is 8.10. The Morgan fingerprint density at radius 3 is 2.48 bits per heavy atom. The molecule has 5 N–H and O–H groups in total. The lowest BCUT2D eigenvalue weighted by Gasteiger charge is -2.11. The first-order chi connectivity index (χ1) is 12.7. The highest BCUT2D eigenvalue weighted by Crippen LogP contribution is 2.34. The topological polar surface area (TPSA) is 139 Å². The summed E-state index contributed by atoms with van der Waals surface area (Å²) in [5.74, 6) is 0.587. The van der Waals surface area contributed by atoms with Crippen LogP contribution in [0.3, 0.4) is 0 Å². The number of primary amides is 1. The van der Waals surface area contributed by atoms with E-state index in [2.05, 4.69) is 30.6 Å². The van der Waals surface area contributed by atoms with Crippen LogP contribution in [-0.4, -0.2) is 39.2 Å². The number of anilines is 4. The Bertz CT molecular complexity index is 1020. The number of hydrogen-bond donors (Lipinski definition) is 4. The van der Waals surface area contributed by atoms with Crippen LogP contribution in [0.1, 0.15) is 16.1 Å². The smallest absolute Gasteiger partial charge is 0.271 e. The Labute approximate surface area is 156 Å². The van der Waals surface area contributed by atoms with Crippen molar-refractivity contribution in [2.45, 2.75) is 6.92 Å². The molecule has 9 nitrogen and oxygen atoms in total. The molecule has 0 spiro atoms. The molecule has 0 unspecified atom stereocenters. The standard InChI is InChI=1S/C17H20N7O2P/c1-10-8-19-17(22-11-4-6-12(7-5-11)27(2,3)26)24-15(10)23-16-13(14(18)25)20-9-21-16/h4-9H,1-3H3,(H2,18,25)(H,20,21)(H2,19,22,23,24). The molecule has 0 aliphatic rings. The molecule has 0 radical (unpaired) electrons. The van der Waals surface area contributed by atoms with Crippen LogP contribution in [0.4, 0.5) is 23.3 Å². The average Bonchev–Trinajstić information content (AvgIpc) is 3.06. The summed E-state index contributed by atoms with van der Waals surface area (Å²) in [6, 6.07) is 7.29. The van der Waals surface area contributed by atoms with E-state index in [-0.39, 0.29) is 5.69 Å². The van der Waals surface area contributed by atoms with Gasteiger partial charge in [0.2, 0.25) is 5.95 Å². The molecule has 2 heterocycles. The highest BCUT2D eigenvalue weighted by atomic mass is 31.2. The van der Waals surface area contributed by atoms with Crippen molar-refractivity contribution in [2.75, 3.05) is 24.0 Å². The van der Waals surface area contributed by atoms with Gasteiger partial charge in [-0.3, -0.25) is 4.79 Å². The average molecular weight is 385 g/mol. The van der Waals surface area contributed by atoms with Crippen LogP contribution >= 0.6 is 7.14 Å². The van der Waals surface area contributed by atoms with Crippen LogP contribution in [0, 0.1) is 6.92 Å². The fraction of sp³-hybridized carbons (Fsp3) is 0.176. The van der Waals surface area contributed by atoms with Crippen molar-refractivity contribution in [3.8, 4) is 0 Å². The fourth-order valence-corrected chi connectivity index (χ4v) is 3.22. The highest BCUT2D eigenvalue weighted by molar-refractivity contribution is 7.70. The van der Waals surface area contributed by atoms with E-state index in [1.54, 1.807) is 19.5 Å². The van der Waals surface area contributed by atoms with Crippen molar-refractivity contribution in [3.05, 3.63) is 48.0 Å². The van der Waals surface area contributed by atoms with Crippen LogP contribution < -0.4 is 21.7 Å². The molecule has 2 aromatic heterocycles. The molecule has 0 saturated heterocycles. The first-order valence-corrected chi connectivity index (χ1v) is 10.7. The number of carbonyl (C=O) groups excluding carboxylic acids is 1. The molecular weight excluding hydrogens is 365 g/mol. The number of aromatic amines is 1. The van der Waals surface area contributed by atoms with Gasteiger partial charge in [0.1, 0.15) is 18.8 Å². The van der Waals surface area contributed by atoms with E-state index in [4.69, 9.17) is 5.73 Å². The van der Waals surface area contributed by atoms with Gasteiger partial charge in [0.25, 0.3) is 5.91 Å². The first kappa shape index (κ1) is 18.6. The second-order valence-corrected chi connectivity index (χ2v) is 9.58. The summed E-state index contributed by atoms with van der Waals surface area (Å²) in [6.45, 7) is 5.29. The zero-order valence-corrected chi connectivity index (χ0v) is 16.0. The van der Waals surface area contributed by atoms with Crippen LogP contribution in [0.25, 0.3) is 0 Å². The van der Waals surface area contributed by atoms with Gasteiger partial charge in [-0.2, -0.15) is 4.98 Å². The van der Waals surface area contributed by atoms with Crippen molar-refractivity contribution >= 4 is 41.6 Å². The fourth-order valence-electron chi connectivity index (χ4n) is 2.36. The Hall–Kier alpha value is -3.19. The summed E-state index contributed by atoms with van der Waals surface area (Å²) in [6.07, 6.45) is 3.03. The number of imidazole rings is 1. The number of hydrogen-bond acceptors (Lipinski definition) is 7. The van der Waals surface area contributed by atoms with Crippen LogP contribution in [0.5, 0.6) is 0 Å². The van der Waals surface area contributed by atoms with E-state index in [1.165, 1.54) is 6.33 Å². The monoisotopic (exact) mass is 385 g/mol. The third kappa shape index (κ3) is 4.32. The Balaban J connectivity index is 1.82. The predicted molar refractivity (Wildman–Crippen MR) is 106 cm³/mol. The molecule has 0 bridgehead atoms. The number of aromatic nitrogens is 4. The molecule has 0 saturated carbocycles. The Morgan fingerprint density at radius 2 is 1.85 bits per heavy atom. The van der Waals surface area contributed by atoms with Crippen molar-refractivity contribution in [3.63, 3.8) is 0 Å². The number of amides is 1. The lowest BCUT2D eigenvalue weighted by molar-refractivity contribution is 0.0997. The van der Waals surface area contributed by atoms with Crippen molar-refractivity contribution < 1.29 is 9.36 Å². The van der Waals surface area contributed by atoms with Gasteiger partial charge in [0.05, 0.1) is 6.33 Å². The lowest BCUT2D eigenvalue weighted by atomic mass is 10.3. The quantitative estimate of drug-likeness (QED) is 0.478. The number of nitrogens with zero attached hydrogens (tertiary/aromatic N) is 3. The number of nitrogens with one attached hydrogen (secondary N) is 3. The maximum absolute atomic E-state index is 12.1. The number of aryl methyl sites for hydroxylation is 1. The Morgan fingerprint density at radius 1 is 1.15 bits per heavy atom. The second-order valence-electron chi connectivity index (χ2n) is 6.36. The van der Waals surface area contributed by atoms with Gasteiger partial charge in [0, 0.05) is 22.8 Å². The van der Waals surface area contributed by atoms with Gasteiger partial charge < -0.3 is 25.9 Å². The molecule has 3 aromatic rings. The maximum atomic E-state index is 12.1. The maximum Gasteiger partial charge on any atom is 0.271 e. The number of rotatable bonds is 6. The zero-order valence-electron chi connectivity index (χ0n) is 15.1. The van der Waals surface area contributed by atoms with E-state index in [0.717, 1.165) is 16.6 Å². The molecule has 140 valence electrons. The minimum Gasteiger partial charge on any atom is -0.364 e. The van der Waals surface area contributed by atoms with E-state index in [0.29, 0.717) is 17.6 Å². The van der Waals surface area contributed by atoms with E-state index in [1.807, 2.05) is 31.2 Å². The predicted octanol–water partition coefficient (Wildman–Crippen LogP) is 2.34. The molecular formula is C17H20N7O2P. The number of carbonyl (C=O) groups is 1. The zero-order chi connectivity index (χ0) is 19.6. The SMILES string of the molecule is Cc1cnc(Nc2ccc(P(C)(C)=O)cc2)nc1Nc1[nH]cnc1C(N)=O. The molecule has 1 amide bonds. The number of nitrogens with two attached hydrogens (primary N) is 1. The third-order valence-corrected chi connectivity index (χ3v) is 5.37. The minimum absolute atomic E-state index is 0.0988. The van der Waals surface area contributed by atoms with E-state index in [9.17, 15) is 9.36 Å². The lowest BCUT2D eigenvalue weighted by Crippen LogP contribution is -2.14. The summed E-state index contributed by atoms with van der Waals surface area (Å²) in [5, 5.41) is 6.91. The van der Waals surface area contributed by atoms with Crippen LogP contribution in [0.2, 0.25) is 0 Å². The largest absolute Gasteiger partial charge is 0.364 e. The minimum atomic E-state index is -2.30. The molecule has 3 rings (SSSR count). The van der Waals surface area contributed by atoms with Gasteiger partial charge in [-0.1, -0.05) is 0 Å². The van der Waals surface area contributed by atoms with Gasteiger partial charge in [-0.05, 0) is 44.5 Å². The van der Waals surface area contributed by atoms with Crippen LogP contribution in [-0.2, 0) is 4.57 Å². The van der Waals surface area contributed by atoms with E-state index >= 15 is 0 Å². The van der Waals surface area contributed by atoms with Crippen molar-refractivity contribution in [1.29, 1.82) is 0 Å². The van der Waals surface area contributed by atoms with Gasteiger partial charge in [-0.25, -0.2) is 9.97 Å². The van der Waals surface area contributed by atoms with E-state index < -0.39 is 13.0 Å². The number of benzene rings is 1. The number of H-pyrrole nitrogens is 1. The molecule has 1 aromatic carbocycles. The third-order valence-electron chi connectivity index (χ3n) is 3.83. The summed E-state index contributed by atoms with van der Waals surface area (Å²) >= 11 is 0. The summed E-state index contributed by atoms with van der Waals surface area (Å²) in [5.41, 5.74) is 6.94. The Kier molecular flexibility index (Phi) is 4.96. The van der Waals surface area contributed by atoms with Crippen molar-refractivity contribution in [1.82, 2.24) is 19.9 Å². The normalized spacial score (nSPS) is 11.2. The van der Waals surface area contributed by atoms with Gasteiger partial charge in [-0.15, -0.1) is 0 Å². The highest BCUT2D eigenvalue weighted by Gasteiger charge is 2.14. The molecule has 27 heavy (non-hydrogen) atoms. The summed E-state index contributed by atoms with van der Waals surface area (Å²) < 4.78 is 12.1. The molecule has 10 heteroatoms.